The molecular weight excluding hydrogens is 306 g/mol. The summed E-state index contributed by atoms with van der Waals surface area (Å²) >= 11 is 0. The molecule has 0 unspecified atom stereocenters. The molecule has 3 aliphatic heterocycles. The van der Waals surface area contributed by atoms with Crippen molar-refractivity contribution < 1.29 is 19.4 Å². The highest BCUT2D eigenvalue weighted by atomic mass is 16.5. The molecule has 5 nitrogen and oxygen atoms in total. The van der Waals surface area contributed by atoms with Gasteiger partial charge in [0, 0.05) is 18.5 Å². The third-order valence-electron chi connectivity index (χ3n) is 5.59. The fourth-order valence-electron chi connectivity index (χ4n) is 4.71. The molecule has 0 saturated carbocycles. The van der Waals surface area contributed by atoms with Gasteiger partial charge in [0.05, 0.1) is 12.0 Å². The van der Waals surface area contributed by atoms with E-state index in [1.54, 1.807) is 12.2 Å². The van der Waals surface area contributed by atoms with Crippen molar-refractivity contribution >= 4 is 11.9 Å². The molecule has 1 aromatic rings. The molecule has 3 aliphatic rings. The fraction of sp³-hybridized carbons (Fsp3) is 0.474. The van der Waals surface area contributed by atoms with E-state index in [-0.39, 0.29) is 23.8 Å². The number of likely N-dealkylation sites (tertiary alicyclic amines) is 1. The van der Waals surface area contributed by atoms with E-state index in [9.17, 15) is 14.7 Å². The molecule has 126 valence electrons. The van der Waals surface area contributed by atoms with Gasteiger partial charge in [0.2, 0.25) is 0 Å². The fourth-order valence-corrected chi connectivity index (χ4v) is 4.71. The highest BCUT2D eigenvalue weighted by Gasteiger charge is 2.71. The Labute approximate surface area is 140 Å². The number of hydrogen-bond acceptors (Lipinski definition) is 3. The van der Waals surface area contributed by atoms with Gasteiger partial charge in [0.1, 0.15) is 0 Å². The largest absolute Gasteiger partial charge is 0.481 e. The predicted octanol–water partition coefficient (Wildman–Crippen LogP) is 2.08. The summed E-state index contributed by atoms with van der Waals surface area (Å²) in [5.41, 5.74) is -0.0458. The number of hydrogen-bond donors (Lipinski definition) is 1. The van der Waals surface area contributed by atoms with Gasteiger partial charge in [-0.15, -0.1) is 0 Å². The lowest BCUT2D eigenvalue weighted by atomic mass is 9.71. The minimum Gasteiger partial charge on any atom is -0.481 e. The Morgan fingerprint density at radius 2 is 2.04 bits per heavy atom. The highest BCUT2D eigenvalue weighted by Crippen LogP contribution is 2.56. The molecule has 1 N–H and O–H groups in total. The third-order valence-corrected chi connectivity index (χ3v) is 5.59. The van der Waals surface area contributed by atoms with Crippen molar-refractivity contribution in [2.45, 2.75) is 38.1 Å². The standard InChI is InChI=1S/C19H21NO4/c1-11(2)16-15-14(17(21)22)13-8-9-19(15,24-13)18(23)20(16)10-12-6-4-3-5-7-12/h3-9,11,13-16H,10H2,1-2H3,(H,21,22)/t13-,14+,15+,16+,19+/m1/s1. The van der Waals surface area contributed by atoms with Crippen LogP contribution in [0.1, 0.15) is 19.4 Å². The third kappa shape index (κ3) is 1.91. The first-order valence-corrected chi connectivity index (χ1v) is 8.40. The summed E-state index contributed by atoms with van der Waals surface area (Å²) in [6.07, 6.45) is 3.05. The minimum atomic E-state index is -1.09. The SMILES string of the molecule is CC(C)[C@H]1[C@@H]2[C@@H](C(=O)O)[C@H]3C=C[C@@]2(O3)C(=O)N1Cc1ccccc1. The summed E-state index contributed by atoms with van der Waals surface area (Å²) in [5, 5.41) is 9.70. The molecule has 0 radical (unpaired) electrons. The zero-order valence-corrected chi connectivity index (χ0v) is 13.8. The number of carboxylic acids is 1. The van der Waals surface area contributed by atoms with Crippen LogP contribution in [0.25, 0.3) is 0 Å². The van der Waals surface area contributed by atoms with Crippen LogP contribution < -0.4 is 0 Å². The van der Waals surface area contributed by atoms with Crippen molar-refractivity contribution in [3.05, 3.63) is 48.0 Å². The number of rotatable bonds is 4. The van der Waals surface area contributed by atoms with Gasteiger partial charge in [-0.3, -0.25) is 9.59 Å². The molecule has 4 rings (SSSR count). The second-order valence-electron chi connectivity index (χ2n) is 7.28. The first kappa shape index (κ1) is 15.4. The molecule has 1 amide bonds. The van der Waals surface area contributed by atoms with E-state index in [1.807, 2.05) is 49.1 Å². The van der Waals surface area contributed by atoms with Crippen molar-refractivity contribution in [2.75, 3.05) is 0 Å². The Morgan fingerprint density at radius 3 is 2.67 bits per heavy atom. The topological polar surface area (TPSA) is 66.8 Å². The number of fused-ring (bicyclic) bond motifs is 1. The lowest BCUT2D eigenvalue weighted by Crippen LogP contribution is -2.44. The van der Waals surface area contributed by atoms with Gasteiger partial charge in [-0.1, -0.05) is 50.3 Å². The number of nitrogens with zero attached hydrogens (tertiary/aromatic N) is 1. The Balaban J connectivity index is 1.75. The molecule has 0 aliphatic carbocycles. The van der Waals surface area contributed by atoms with Gasteiger partial charge in [0.25, 0.3) is 5.91 Å². The van der Waals surface area contributed by atoms with Crippen LogP contribution in [-0.2, 0) is 20.9 Å². The average molecular weight is 327 g/mol. The van der Waals surface area contributed by atoms with Crippen LogP contribution in [-0.4, -0.2) is 39.6 Å². The van der Waals surface area contributed by atoms with Crippen LogP contribution in [0.3, 0.4) is 0 Å². The highest BCUT2D eigenvalue weighted by molar-refractivity contribution is 5.94. The predicted molar refractivity (Wildman–Crippen MR) is 87.0 cm³/mol. The molecule has 24 heavy (non-hydrogen) atoms. The maximum absolute atomic E-state index is 13.2. The van der Waals surface area contributed by atoms with Crippen LogP contribution >= 0.6 is 0 Å². The van der Waals surface area contributed by atoms with Gasteiger partial charge in [0.15, 0.2) is 5.60 Å². The number of ether oxygens (including phenoxy) is 1. The van der Waals surface area contributed by atoms with E-state index in [1.165, 1.54) is 0 Å². The van der Waals surface area contributed by atoms with Crippen molar-refractivity contribution in [3.63, 3.8) is 0 Å². The number of carbonyl (C=O) groups excluding carboxylic acids is 1. The summed E-state index contributed by atoms with van der Waals surface area (Å²) in [7, 11) is 0. The van der Waals surface area contributed by atoms with Gasteiger partial charge in [-0.25, -0.2) is 0 Å². The average Bonchev–Trinajstić information content (AvgIpc) is 3.17. The summed E-state index contributed by atoms with van der Waals surface area (Å²) in [6, 6.07) is 9.66. The number of aliphatic carboxylic acids is 1. The van der Waals surface area contributed by atoms with E-state index in [0.29, 0.717) is 6.54 Å². The van der Waals surface area contributed by atoms with Crippen molar-refractivity contribution in [1.82, 2.24) is 4.90 Å². The lowest BCUT2D eigenvalue weighted by Gasteiger charge is -2.33. The zero-order valence-electron chi connectivity index (χ0n) is 13.8. The first-order chi connectivity index (χ1) is 11.5. The van der Waals surface area contributed by atoms with Gasteiger partial charge >= 0.3 is 5.97 Å². The number of benzene rings is 1. The quantitative estimate of drug-likeness (QED) is 0.860. The Morgan fingerprint density at radius 1 is 1.33 bits per heavy atom. The molecular formula is C19H21NO4. The molecule has 1 spiro atoms. The van der Waals surface area contributed by atoms with Crippen LogP contribution in [0.5, 0.6) is 0 Å². The maximum atomic E-state index is 13.2. The van der Waals surface area contributed by atoms with Gasteiger partial charge in [-0.05, 0) is 17.6 Å². The van der Waals surface area contributed by atoms with E-state index in [2.05, 4.69) is 0 Å². The molecule has 3 heterocycles. The van der Waals surface area contributed by atoms with Crippen LogP contribution in [0, 0.1) is 17.8 Å². The Bertz CT molecular complexity index is 713. The molecule has 2 fully saturated rings. The summed E-state index contributed by atoms with van der Waals surface area (Å²) in [5.74, 6) is -1.82. The van der Waals surface area contributed by atoms with E-state index >= 15 is 0 Å². The second-order valence-corrected chi connectivity index (χ2v) is 7.28. The first-order valence-electron chi connectivity index (χ1n) is 8.40. The van der Waals surface area contributed by atoms with Crippen LogP contribution in [0.4, 0.5) is 0 Å². The smallest absolute Gasteiger partial charge is 0.309 e. The molecule has 2 saturated heterocycles. The Hall–Kier alpha value is -2.14. The van der Waals surface area contributed by atoms with Crippen molar-refractivity contribution in [2.24, 2.45) is 17.8 Å². The number of amides is 1. The van der Waals surface area contributed by atoms with Crippen LogP contribution in [0.2, 0.25) is 0 Å². The number of carbonyl (C=O) groups is 2. The van der Waals surface area contributed by atoms with Crippen molar-refractivity contribution in [3.8, 4) is 0 Å². The Kier molecular flexibility index (Phi) is 3.32. The second kappa shape index (κ2) is 5.18. The van der Waals surface area contributed by atoms with Gasteiger partial charge < -0.3 is 14.7 Å². The van der Waals surface area contributed by atoms with E-state index in [4.69, 9.17) is 4.74 Å². The normalized spacial score (nSPS) is 36.6. The summed E-state index contributed by atoms with van der Waals surface area (Å²) < 4.78 is 5.94. The van der Waals surface area contributed by atoms with Crippen LogP contribution in [0.15, 0.2) is 42.5 Å². The van der Waals surface area contributed by atoms with Gasteiger partial charge in [-0.2, -0.15) is 0 Å². The molecule has 5 atom stereocenters. The molecule has 0 aromatic heterocycles. The van der Waals surface area contributed by atoms with Crippen molar-refractivity contribution in [1.29, 1.82) is 0 Å². The zero-order chi connectivity index (χ0) is 17.1. The summed E-state index contributed by atoms with van der Waals surface area (Å²) in [6.45, 7) is 4.57. The maximum Gasteiger partial charge on any atom is 0.309 e. The van der Waals surface area contributed by atoms with E-state index < -0.39 is 23.6 Å². The monoisotopic (exact) mass is 327 g/mol. The minimum absolute atomic E-state index is 0.0995. The lowest BCUT2D eigenvalue weighted by molar-refractivity contribution is -0.147. The number of carboxylic acid groups (broad SMARTS) is 1. The molecule has 2 bridgehead atoms. The summed E-state index contributed by atoms with van der Waals surface area (Å²) in [4.78, 5) is 26.9. The molecule has 5 heteroatoms. The molecule has 1 aromatic carbocycles. The van der Waals surface area contributed by atoms with E-state index in [0.717, 1.165) is 5.56 Å².